The van der Waals surface area contributed by atoms with Gasteiger partial charge in [0.15, 0.2) is 5.78 Å². The van der Waals surface area contributed by atoms with Crippen molar-refractivity contribution in [1.29, 1.82) is 0 Å². The summed E-state index contributed by atoms with van der Waals surface area (Å²) in [6, 6.07) is 25.6. The third kappa shape index (κ3) is 8.09. The lowest BCUT2D eigenvalue weighted by Gasteiger charge is -2.42. The van der Waals surface area contributed by atoms with Crippen LogP contribution >= 0.6 is 0 Å². The van der Waals surface area contributed by atoms with Gasteiger partial charge in [-0.25, -0.2) is 4.79 Å². The van der Waals surface area contributed by atoms with Gasteiger partial charge in [-0.05, 0) is 94.1 Å². The molecule has 0 saturated carbocycles. The number of rotatable bonds is 12. The number of carboxylic acid groups (broad SMARTS) is 1. The normalized spacial score (nSPS) is 16.5. The standard InChI is InChI=1S/C37H42N4O5/c1-25(17-20-38-36(43)35-26(2)34(42)23-39-27(35)3)40-21-18-31(19-22-40)41(24-28-7-5-4-6-8-28)30-11-15-33(16-12-30)46-32-13-9-29(10-14-32)37(44)45/h4-16,25,31H,17-24H2,1-3H3,(H,38,43)(H,44,45). The lowest BCUT2D eigenvalue weighted by molar-refractivity contribution is -0.118. The van der Waals surface area contributed by atoms with Gasteiger partial charge in [-0.3, -0.25) is 14.6 Å². The van der Waals surface area contributed by atoms with E-state index in [1.807, 2.05) is 18.2 Å². The van der Waals surface area contributed by atoms with Gasteiger partial charge in [0.25, 0.3) is 5.91 Å². The number of aromatic carboxylic acids is 1. The number of benzene rings is 3. The molecule has 2 heterocycles. The van der Waals surface area contributed by atoms with Gasteiger partial charge >= 0.3 is 5.97 Å². The van der Waals surface area contributed by atoms with Crippen LogP contribution in [-0.4, -0.2) is 71.6 Å². The summed E-state index contributed by atoms with van der Waals surface area (Å²) in [6.07, 6.45) is 2.85. The number of nitrogens with zero attached hydrogens (tertiary/aromatic N) is 3. The molecule has 3 aromatic rings. The minimum atomic E-state index is -0.966. The maximum Gasteiger partial charge on any atom is 0.335 e. The first kappa shape index (κ1) is 32.6. The van der Waals surface area contributed by atoms with Gasteiger partial charge in [0, 0.05) is 55.2 Å². The summed E-state index contributed by atoms with van der Waals surface area (Å²) in [5, 5.41) is 12.2. The Hall–Kier alpha value is -4.76. The second-order valence-electron chi connectivity index (χ2n) is 12.0. The molecule has 1 amide bonds. The molecule has 2 aliphatic heterocycles. The summed E-state index contributed by atoms with van der Waals surface area (Å²) < 4.78 is 5.98. The number of dihydropyridines is 1. The first-order valence-corrected chi connectivity index (χ1v) is 15.9. The van der Waals surface area contributed by atoms with Crippen molar-refractivity contribution < 1.29 is 24.2 Å². The van der Waals surface area contributed by atoms with Crippen LogP contribution in [0.1, 0.15) is 56.0 Å². The van der Waals surface area contributed by atoms with Crippen LogP contribution in [0.5, 0.6) is 11.5 Å². The van der Waals surface area contributed by atoms with E-state index in [0.717, 1.165) is 44.6 Å². The predicted molar refractivity (Wildman–Crippen MR) is 180 cm³/mol. The Labute approximate surface area is 270 Å². The second kappa shape index (κ2) is 15.0. The number of carbonyl (C=O) groups is 3. The van der Waals surface area contributed by atoms with Crippen molar-refractivity contribution in [2.45, 2.75) is 58.7 Å². The van der Waals surface area contributed by atoms with Gasteiger partial charge < -0.3 is 25.0 Å². The van der Waals surface area contributed by atoms with Gasteiger partial charge in [0.05, 0.1) is 11.1 Å². The van der Waals surface area contributed by atoms with Crippen LogP contribution in [0.25, 0.3) is 0 Å². The van der Waals surface area contributed by atoms with Crippen molar-refractivity contribution in [3.05, 3.63) is 101 Å². The molecule has 0 aliphatic carbocycles. The van der Waals surface area contributed by atoms with Gasteiger partial charge in [0.2, 0.25) is 0 Å². The Bertz CT molecular complexity index is 1590. The van der Waals surface area contributed by atoms with E-state index in [1.54, 1.807) is 26.0 Å². The summed E-state index contributed by atoms with van der Waals surface area (Å²) in [4.78, 5) is 45.2. The lowest BCUT2D eigenvalue weighted by Crippen LogP contribution is -2.48. The van der Waals surface area contributed by atoms with Crippen LogP contribution in [0, 0.1) is 0 Å². The molecule has 0 bridgehead atoms. The first-order valence-electron chi connectivity index (χ1n) is 15.9. The topological polar surface area (TPSA) is 112 Å². The molecule has 46 heavy (non-hydrogen) atoms. The highest BCUT2D eigenvalue weighted by molar-refractivity contribution is 6.27. The minimum Gasteiger partial charge on any atom is -0.478 e. The van der Waals surface area contributed by atoms with E-state index in [-0.39, 0.29) is 23.8 Å². The molecule has 5 rings (SSSR count). The number of carboxylic acids is 1. The third-order valence-corrected chi connectivity index (χ3v) is 8.95. The van der Waals surface area contributed by atoms with Crippen molar-refractivity contribution in [2.75, 3.05) is 31.1 Å². The summed E-state index contributed by atoms with van der Waals surface area (Å²) in [6.45, 7) is 9.08. The zero-order valence-electron chi connectivity index (χ0n) is 26.7. The van der Waals surface area contributed by atoms with Crippen LogP contribution in [0.15, 0.2) is 95.0 Å². The van der Waals surface area contributed by atoms with E-state index in [9.17, 15) is 14.4 Å². The molecular formula is C37H42N4O5. The Morgan fingerprint density at radius 2 is 1.61 bits per heavy atom. The molecule has 0 aromatic heterocycles. The van der Waals surface area contributed by atoms with Crippen molar-refractivity contribution in [3.8, 4) is 11.5 Å². The number of Topliss-reactive ketones (excluding diaryl/α,β-unsaturated/α-hetero) is 1. The number of ketones is 1. The molecular weight excluding hydrogens is 580 g/mol. The van der Waals surface area contributed by atoms with E-state index in [4.69, 9.17) is 9.84 Å². The molecule has 9 nitrogen and oxygen atoms in total. The highest BCUT2D eigenvalue weighted by atomic mass is 16.5. The highest BCUT2D eigenvalue weighted by Crippen LogP contribution is 2.30. The Kier molecular flexibility index (Phi) is 10.6. The molecule has 1 saturated heterocycles. The quantitative estimate of drug-likeness (QED) is 0.259. The van der Waals surface area contributed by atoms with Crippen LogP contribution in [0.2, 0.25) is 0 Å². The Balaban J connectivity index is 1.18. The fourth-order valence-corrected chi connectivity index (χ4v) is 6.16. The molecule has 240 valence electrons. The number of nitrogens with one attached hydrogen (secondary N) is 1. The van der Waals surface area contributed by atoms with E-state index >= 15 is 0 Å². The second-order valence-corrected chi connectivity index (χ2v) is 12.0. The Morgan fingerprint density at radius 3 is 2.24 bits per heavy atom. The molecule has 2 N–H and O–H groups in total. The summed E-state index contributed by atoms with van der Waals surface area (Å²) in [7, 11) is 0. The summed E-state index contributed by atoms with van der Waals surface area (Å²) in [5.74, 6) is -0.0118. The fourth-order valence-electron chi connectivity index (χ4n) is 6.16. The van der Waals surface area contributed by atoms with E-state index in [1.165, 1.54) is 17.7 Å². The average Bonchev–Trinajstić information content (AvgIpc) is 3.07. The summed E-state index contributed by atoms with van der Waals surface area (Å²) >= 11 is 0. The van der Waals surface area contributed by atoms with E-state index in [0.29, 0.717) is 47.0 Å². The molecule has 1 fully saturated rings. The zero-order chi connectivity index (χ0) is 32.6. The number of hydrogen-bond donors (Lipinski definition) is 2. The van der Waals surface area contributed by atoms with Crippen LogP contribution < -0.4 is 15.0 Å². The molecule has 1 atom stereocenters. The Morgan fingerprint density at radius 1 is 0.978 bits per heavy atom. The molecule has 0 radical (unpaired) electrons. The van der Waals surface area contributed by atoms with Crippen molar-refractivity contribution in [3.63, 3.8) is 0 Å². The third-order valence-electron chi connectivity index (χ3n) is 8.95. The van der Waals surface area contributed by atoms with E-state index < -0.39 is 5.97 Å². The number of aliphatic imine (C=N–C) groups is 1. The van der Waals surface area contributed by atoms with Gasteiger partial charge in [0.1, 0.15) is 18.0 Å². The monoisotopic (exact) mass is 622 g/mol. The van der Waals surface area contributed by atoms with Gasteiger partial charge in [-0.2, -0.15) is 0 Å². The first-order chi connectivity index (χ1) is 22.2. The predicted octanol–water partition coefficient (Wildman–Crippen LogP) is 5.90. The maximum atomic E-state index is 12.8. The average molecular weight is 623 g/mol. The van der Waals surface area contributed by atoms with Crippen LogP contribution in [-0.2, 0) is 16.1 Å². The number of anilines is 1. The summed E-state index contributed by atoms with van der Waals surface area (Å²) in [5.41, 5.74) is 4.12. The van der Waals surface area contributed by atoms with Crippen molar-refractivity contribution in [2.24, 2.45) is 4.99 Å². The fraction of sp³-hybridized carbons (Fsp3) is 0.351. The molecule has 1 unspecified atom stereocenters. The van der Waals surface area contributed by atoms with Crippen molar-refractivity contribution in [1.82, 2.24) is 10.2 Å². The van der Waals surface area contributed by atoms with Crippen LogP contribution in [0.3, 0.4) is 0 Å². The van der Waals surface area contributed by atoms with Crippen molar-refractivity contribution >= 4 is 29.1 Å². The SMILES string of the molecule is CC1=NCC(=O)C(C)=C1C(=O)NCCC(C)N1CCC(N(Cc2ccccc2)c2ccc(Oc3ccc(C(=O)O)cc3)cc2)CC1. The highest BCUT2D eigenvalue weighted by Gasteiger charge is 2.28. The van der Waals surface area contributed by atoms with E-state index in [2.05, 4.69) is 63.4 Å². The number of carbonyl (C=O) groups excluding carboxylic acids is 2. The molecule has 0 spiro atoms. The molecule has 3 aromatic carbocycles. The number of hydrogen-bond acceptors (Lipinski definition) is 7. The van der Waals surface area contributed by atoms with Gasteiger partial charge in [-0.15, -0.1) is 0 Å². The number of ether oxygens (including phenoxy) is 1. The molecule has 9 heteroatoms. The molecule has 2 aliphatic rings. The maximum absolute atomic E-state index is 12.8. The number of piperidine rings is 1. The number of likely N-dealkylation sites (tertiary alicyclic amines) is 1. The van der Waals surface area contributed by atoms with Gasteiger partial charge in [-0.1, -0.05) is 30.3 Å². The minimum absolute atomic E-state index is 0.0950. The smallest absolute Gasteiger partial charge is 0.335 e. The largest absolute Gasteiger partial charge is 0.478 e. The zero-order valence-corrected chi connectivity index (χ0v) is 26.7. The lowest BCUT2D eigenvalue weighted by atomic mass is 9.98. The number of amides is 1. The van der Waals surface area contributed by atoms with Crippen LogP contribution in [0.4, 0.5) is 5.69 Å².